The lowest BCUT2D eigenvalue weighted by atomic mass is 9.96. The third-order valence-corrected chi connectivity index (χ3v) is 17.2. The predicted octanol–water partition coefficient (Wildman–Crippen LogP) is -16.3. The number of hydroxylamine groups is 2. The maximum absolute atomic E-state index is 13.6. The summed E-state index contributed by atoms with van der Waals surface area (Å²) in [4.78, 5) is 82.4. The Morgan fingerprint density at radius 3 is 1.06 bits per heavy atom. The highest BCUT2D eigenvalue weighted by atomic mass is 16.8. The van der Waals surface area contributed by atoms with Crippen LogP contribution in [0.5, 0.6) is 0 Å². The highest BCUT2D eigenvalue weighted by molar-refractivity contribution is 6.01. The van der Waals surface area contributed by atoms with E-state index in [0.29, 0.717) is 11.5 Å². The van der Waals surface area contributed by atoms with Crippen molar-refractivity contribution in [2.75, 3.05) is 92.1 Å². The normalized spacial score (nSPS) is 40.3. The molecule has 30 atom stereocenters. The molecule has 0 aromatic carbocycles. The smallest absolute Gasteiger partial charge is 0.333 e. The van der Waals surface area contributed by atoms with Gasteiger partial charge in [-0.25, -0.2) is 4.79 Å². The predicted molar refractivity (Wildman–Crippen MR) is 311 cm³/mol. The fraction of sp³-hybridized carbons (Fsp3) is 0.893. The third-order valence-electron chi connectivity index (χ3n) is 17.2. The Labute approximate surface area is 567 Å². The molecule has 0 bridgehead atoms. The van der Waals surface area contributed by atoms with Gasteiger partial charge in [0.15, 0.2) is 37.7 Å². The highest BCUT2D eigenvalue weighted by Crippen LogP contribution is 2.34. The summed E-state index contributed by atoms with van der Waals surface area (Å²) < 4.78 is 67.0. The van der Waals surface area contributed by atoms with E-state index in [9.17, 15) is 131 Å². The number of carbonyl (C=O) groups excluding carboxylic acids is 6. The highest BCUT2D eigenvalue weighted by Gasteiger charge is 2.55. The quantitative estimate of drug-likeness (QED) is 0.0207. The molecule has 5 amide bonds. The minimum atomic E-state index is -2.05. The molecule has 7 fully saturated rings. The summed E-state index contributed by atoms with van der Waals surface area (Å²) in [5.41, 5.74) is 0. The molecule has 0 unspecified atom stereocenters. The molecule has 0 aromatic rings. The number of aliphatic hydroxyl groups excluding tert-OH is 20. The lowest BCUT2D eigenvalue weighted by Crippen LogP contribution is -2.65. The van der Waals surface area contributed by atoms with Crippen LogP contribution in [0.2, 0.25) is 0 Å². The molecule has 7 aliphatic rings. The van der Waals surface area contributed by atoms with Crippen LogP contribution >= 0.6 is 0 Å². The van der Waals surface area contributed by atoms with Gasteiger partial charge in [0.1, 0.15) is 146 Å². The van der Waals surface area contributed by atoms with E-state index in [0.717, 1.165) is 4.90 Å². The van der Waals surface area contributed by atoms with E-state index in [2.05, 4.69) is 16.0 Å². The van der Waals surface area contributed by atoms with Crippen LogP contribution in [0.4, 0.5) is 0 Å². The maximum atomic E-state index is 13.6. The number of nitrogens with zero attached hydrogens (tertiary/aromatic N) is 2. The van der Waals surface area contributed by atoms with Crippen LogP contribution in [0, 0.1) is 0 Å². The van der Waals surface area contributed by atoms with Gasteiger partial charge in [-0.15, -0.1) is 5.06 Å². The topological polar surface area (TPSA) is 670 Å². The molecular formula is C56H93N5O39. The van der Waals surface area contributed by atoms with Crippen LogP contribution in [-0.4, -0.2) is 424 Å². The van der Waals surface area contributed by atoms with Crippen molar-refractivity contribution in [1.82, 2.24) is 25.9 Å². The number of hydrogen-bond acceptors (Lipinski definition) is 40. The van der Waals surface area contributed by atoms with E-state index in [-0.39, 0.29) is 38.6 Å². The number of amides is 5. The number of imide groups is 1. The summed E-state index contributed by atoms with van der Waals surface area (Å²) in [6.45, 7) is -9.01. The van der Waals surface area contributed by atoms with Gasteiger partial charge in [0.25, 0.3) is 11.8 Å². The van der Waals surface area contributed by atoms with E-state index in [1.54, 1.807) is 0 Å². The summed E-state index contributed by atoms with van der Waals surface area (Å²) in [6, 6.07) is 0. The number of unbranched alkanes of at least 4 members (excludes halogenated alkanes) is 2. The molecule has 23 N–H and O–H groups in total. The largest absolute Gasteiger partial charge is 0.394 e. The Balaban J connectivity index is 0.973. The van der Waals surface area contributed by atoms with Gasteiger partial charge in [-0.2, -0.15) is 0 Å². The molecule has 44 heteroatoms. The van der Waals surface area contributed by atoms with Gasteiger partial charge >= 0.3 is 5.97 Å². The molecule has 7 rings (SSSR count). The number of nitrogens with one attached hydrogen (secondary N) is 3. The van der Waals surface area contributed by atoms with Crippen LogP contribution in [0.1, 0.15) is 38.5 Å². The van der Waals surface area contributed by atoms with Gasteiger partial charge in [0.05, 0.1) is 72.5 Å². The zero-order valence-electron chi connectivity index (χ0n) is 53.6. The van der Waals surface area contributed by atoms with Crippen molar-refractivity contribution in [2.24, 2.45) is 0 Å². The lowest BCUT2D eigenvalue weighted by Gasteiger charge is -2.46. The van der Waals surface area contributed by atoms with Gasteiger partial charge in [-0.1, -0.05) is 6.42 Å². The van der Waals surface area contributed by atoms with Gasteiger partial charge < -0.3 is 180 Å². The first kappa shape index (κ1) is 83.0. The molecule has 0 aromatic heterocycles. The van der Waals surface area contributed by atoms with Crippen molar-refractivity contribution in [3.05, 3.63) is 0 Å². The Hall–Kier alpha value is -4.30. The number of hydrogen-bond donors (Lipinski definition) is 23. The van der Waals surface area contributed by atoms with Crippen LogP contribution < -0.4 is 16.0 Å². The molecule has 7 saturated heterocycles. The summed E-state index contributed by atoms with van der Waals surface area (Å²) in [7, 11) is 0. The average molecular weight is 1460 g/mol. The number of carbonyl (C=O) groups is 6. The Bertz CT molecular complexity index is 2430. The van der Waals surface area contributed by atoms with E-state index in [1.807, 2.05) is 0 Å². The van der Waals surface area contributed by atoms with E-state index >= 15 is 0 Å². The van der Waals surface area contributed by atoms with Gasteiger partial charge in [0, 0.05) is 38.9 Å². The van der Waals surface area contributed by atoms with E-state index < -0.39 is 305 Å². The Morgan fingerprint density at radius 2 is 0.700 bits per heavy atom. The van der Waals surface area contributed by atoms with Gasteiger partial charge in [-0.05, 0) is 12.8 Å². The molecule has 0 aliphatic carbocycles. The molecule has 576 valence electrons. The van der Waals surface area contributed by atoms with Gasteiger partial charge in [-0.3, -0.25) is 28.9 Å². The third kappa shape index (κ3) is 21.5. The molecule has 0 spiro atoms. The number of aliphatic hydroxyl groups is 20. The Morgan fingerprint density at radius 1 is 0.380 bits per heavy atom. The molecule has 0 radical (unpaired) electrons. The number of rotatable bonds is 35. The first-order valence-corrected chi connectivity index (χ1v) is 32.2. The minimum absolute atomic E-state index is 0.0143. The lowest BCUT2D eigenvalue weighted by molar-refractivity contribution is -0.366. The second-order valence-corrected chi connectivity index (χ2v) is 24.5. The summed E-state index contributed by atoms with van der Waals surface area (Å²) in [6.07, 6.45) is -54.6. The Kier molecular flexibility index (Phi) is 32.5. The van der Waals surface area contributed by atoms with E-state index in [1.165, 1.54) is 0 Å². The average Bonchev–Trinajstić information content (AvgIpc) is 0.792. The van der Waals surface area contributed by atoms with Crippen molar-refractivity contribution < 1.29 is 193 Å². The standard InChI is InChI=1S/C56H93N5O39/c62-15-21-33(72)39(78)43(82)51(92-21)90-19-25-37(76)49(98-55-45(84)41(80)35(74)23(17-64)94-55)47(86)53(96-25)88-10-8-58-28(67)13-60(12-27(66)57-7-3-1-2-4-32(71)100-61-30(69)5-6-31(61)70)14-29(68)59-9-11-89-54-48(87)50(99-56-46(85)42(81)36(75)24(18-65)95-56)38(77)26(97-54)20-91-52-44(83)40(79)34(73)22(16-63)93-52/h21-26,33-56,62-65,72-87H,1-20H2,(H,57,66)(H,58,67)(H,59,68)/t21-,22-,23-,24-,25-,26-,33-,34-,35-,36-,37-,38-,39+,40+,41+,42+,43+,44+,45+,46+,47-,48-,49+,50+,51+,52+,53-,54-,55-,56-/m1/s1. The monoisotopic (exact) mass is 1460 g/mol. The molecule has 100 heavy (non-hydrogen) atoms. The SMILES string of the molecule is O=C(CN(CC(=O)NCCO[C@@H]1O[C@H](CO[C@H]2O[C@H](CO)[C@@H](O)[C@H](O)[C@@H]2O)[C@@H](O)[C@H](O[C@H]2O[C@H](CO)[C@@H](O)[C@H](O)[C@@H]2O)[C@H]1O)CC(=O)NCCO[C@@H]1O[C@H](CO[C@H]2O[C@H](CO)[C@@H](O)[C@H](O)[C@@H]2O)[C@@H](O)[C@H](O[C@H]2O[C@H](CO)[C@@H](O)[C@H](O)[C@@H]2O)[C@H]1O)NCCCCCC(=O)ON1C(=O)CCC1=O. The second kappa shape index (κ2) is 39.2. The second-order valence-electron chi connectivity index (χ2n) is 24.5. The minimum Gasteiger partial charge on any atom is -0.394 e. The fourth-order valence-electron chi connectivity index (χ4n) is 11.4. The maximum Gasteiger partial charge on any atom is 0.333 e. The molecule has 7 aliphatic heterocycles. The number of ether oxygens (including phenoxy) is 12. The van der Waals surface area contributed by atoms with Crippen molar-refractivity contribution in [2.45, 2.75) is 223 Å². The molecule has 0 saturated carbocycles. The first-order valence-electron chi connectivity index (χ1n) is 32.2. The fourth-order valence-corrected chi connectivity index (χ4v) is 11.4. The summed E-state index contributed by atoms with van der Waals surface area (Å²) in [5.74, 6) is -4.59. The van der Waals surface area contributed by atoms with Crippen molar-refractivity contribution in [1.29, 1.82) is 0 Å². The van der Waals surface area contributed by atoms with Crippen molar-refractivity contribution >= 4 is 35.5 Å². The van der Waals surface area contributed by atoms with E-state index in [4.69, 9.17) is 61.7 Å². The van der Waals surface area contributed by atoms with Crippen LogP contribution in [0.25, 0.3) is 0 Å². The zero-order chi connectivity index (χ0) is 73.4. The van der Waals surface area contributed by atoms with Crippen LogP contribution in [0.15, 0.2) is 0 Å². The van der Waals surface area contributed by atoms with Crippen molar-refractivity contribution in [3.63, 3.8) is 0 Å². The zero-order valence-corrected chi connectivity index (χ0v) is 53.6. The van der Waals surface area contributed by atoms with Crippen LogP contribution in [-0.2, 0) is 90.4 Å². The summed E-state index contributed by atoms with van der Waals surface area (Å²) in [5, 5.41) is 218. The van der Waals surface area contributed by atoms with Crippen LogP contribution in [0.3, 0.4) is 0 Å². The molecular weight excluding hydrogens is 1370 g/mol. The first-order chi connectivity index (χ1) is 47.5. The summed E-state index contributed by atoms with van der Waals surface area (Å²) >= 11 is 0. The van der Waals surface area contributed by atoms with Crippen molar-refractivity contribution in [3.8, 4) is 0 Å². The molecule has 7 heterocycles. The molecule has 44 nitrogen and oxygen atoms in total. The van der Waals surface area contributed by atoms with Gasteiger partial charge in [0.2, 0.25) is 17.7 Å².